The van der Waals surface area contributed by atoms with Gasteiger partial charge in [0.05, 0.1) is 5.39 Å². The van der Waals surface area contributed by atoms with Crippen LogP contribution in [0.15, 0.2) is 24.5 Å². The van der Waals surface area contributed by atoms with Gasteiger partial charge < -0.3 is 21.1 Å². The van der Waals surface area contributed by atoms with Crippen LogP contribution in [0, 0.1) is 0 Å². The quantitative estimate of drug-likeness (QED) is 0.592. The number of hydrogen-bond donors (Lipinski definition) is 4. The van der Waals surface area contributed by atoms with Crippen LogP contribution in [0.2, 0.25) is 0 Å². The molecular weight excluding hydrogens is 301 g/mol. The van der Waals surface area contributed by atoms with E-state index in [1.165, 1.54) is 6.33 Å². The predicted molar refractivity (Wildman–Crippen MR) is 85.1 cm³/mol. The normalized spacial score (nSPS) is 10.1. The summed E-state index contributed by atoms with van der Waals surface area (Å²) in [5.74, 6) is 0.944. The lowest BCUT2D eigenvalue weighted by Crippen LogP contribution is -2.14. The van der Waals surface area contributed by atoms with Gasteiger partial charge in [0, 0.05) is 24.0 Å². The van der Waals surface area contributed by atoms with Gasteiger partial charge >= 0.3 is 0 Å². The summed E-state index contributed by atoms with van der Waals surface area (Å²) in [6, 6.07) is 5.16. The average Bonchev–Trinajstić information content (AvgIpc) is 2.74. The summed E-state index contributed by atoms with van der Waals surface area (Å²) in [6.07, 6.45) is 1.50. The van der Waals surface area contributed by atoms with Crippen LogP contribution in [0.4, 0.5) is 5.82 Å². The Kier molecular flexibility index (Phi) is 5.38. The molecule has 3 aromatic rings. The molecule has 108 valence electrons. The third-order valence-corrected chi connectivity index (χ3v) is 2.81. The molecule has 0 fully saturated rings. The molecule has 8 heteroatoms. The van der Waals surface area contributed by atoms with Crippen molar-refractivity contribution in [3.8, 4) is 5.75 Å². The number of nitrogens with two attached hydrogens (primary N) is 1. The number of rotatable bonds is 3. The lowest BCUT2D eigenvalue weighted by atomic mass is 10.2. The Labute approximate surface area is 127 Å². The van der Waals surface area contributed by atoms with Gasteiger partial charge in [-0.05, 0) is 18.2 Å². The summed E-state index contributed by atoms with van der Waals surface area (Å²) in [5.41, 5.74) is 7.14. The van der Waals surface area contributed by atoms with Crippen molar-refractivity contribution in [1.82, 2.24) is 15.0 Å². The number of fused-ring (bicyclic) bond motifs is 3. The Morgan fingerprint density at radius 1 is 1.25 bits per heavy atom. The molecule has 0 unspecified atom stereocenters. The monoisotopic (exact) mass is 315 g/mol. The minimum atomic E-state index is 0. The minimum absolute atomic E-state index is 0. The lowest BCUT2D eigenvalue weighted by molar-refractivity contribution is 0.476. The maximum Gasteiger partial charge on any atom is 0.143 e. The third kappa shape index (κ3) is 2.72. The van der Waals surface area contributed by atoms with Gasteiger partial charge in [-0.25, -0.2) is 9.97 Å². The maximum absolute atomic E-state index is 9.58. The van der Waals surface area contributed by atoms with Gasteiger partial charge in [-0.1, -0.05) is 0 Å². The third-order valence-electron chi connectivity index (χ3n) is 2.81. The highest BCUT2D eigenvalue weighted by molar-refractivity contribution is 6.11. The Morgan fingerprint density at radius 2 is 2.05 bits per heavy atom. The molecule has 5 N–H and O–H groups in total. The molecule has 0 aliphatic rings. The fourth-order valence-corrected chi connectivity index (χ4v) is 2.04. The van der Waals surface area contributed by atoms with Crippen LogP contribution >= 0.6 is 24.8 Å². The number of aromatic nitrogens is 3. The van der Waals surface area contributed by atoms with Gasteiger partial charge in [0.1, 0.15) is 23.5 Å². The van der Waals surface area contributed by atoms with Gasteiger partial charge in [0.25, 0.3) is 0 Å². The molecule has 0 amide bonds. The van der Waals surface area contributed by atoms with E-state index in [2.05, 4.69) is 20.3 Å². The Hall–Kier alpha value is -1.76. The van der Waals surface area contributed by atoms with E-state index >= 15 is 0 Å². The van der Waals surface area contributed by atoms with Crippen molar-refractivity contribution in [2.24, 2.45) is 5.73 Å². The number of phenolic OH excluding ortho intramolecular Hbond substituents is 1. The summed E-state index contributed by atoms with van der Waals surface area (Å²) in [4.78, 5) is 11.6. The molecule has 0 aliphatic carbocycles. The van der Waals surface area contributed by atoms with E-state index in [0.717, 1.165) is 27.8 Å². The molecule has 0 saturated carbocycles. The van der Waals surface area contributed by atoms with Gasteiger partial charge in [-0.15, -0.1) is 24.8 Å². The number of aromatic amines is 1. The van der Waals surface area contributed by atoms with Crippen molar-refractivity contribution in [1.29, 1.82) is 0 Å². The molecule has 0 saturated heterocycles. The van der Waals surface area contributed by atoms with Crippen molar-refractivity contribution in [3.63, 3.8) is 0 Å². The summed E-state index contributed by atoms with van der Waals surface area (Å²) in [5, 5.41) is 14.5. The van der Waals surface area contributed by atoms with E-state index in [0.29, 0.717) is 13.1 Å². The van der Waals surface area contributed by atoms with Gasteiger partial charge in [-0.3, -0.25) is 0 Å². The van der Waals surface area contributed by atoms with Crippen LogP contribution in [-0.2, 0) is 0 Å². The first-order chi connectivity index (χ1) is 8.79. The fourth-order valence-electron chi connectivity index (χ4n) is 2.04. The standard InChI is InChI=1S/C12H13N5O.2ClH/c13-3-4-14-11-10-8-5-7(18)1-2-9(8)17-12(10)16-6-15-11;;/h1-2,5-6,18H,3-4,13H2,(H2,14,15,16,17);2*1H. The number of anilines is 1. The molecule has 2 heterocycles. The van der Waals surface area contributed by atoms with E-state index in [-0.39, 0.29) is 30.6 Å². The smallest absolute Gasteiger partial charge is 0.143 e. The van der Waals surface area contributed by atoms with Crippen molar-refractivity contribution in [2.75, 3.05) is 18.4 Å². The molecule has 0 atom stereocenters. The molecule has 0 spiro atoms. The topological polar surface area (TPSA) is 99.9 Å². The van der Waals surface area contributed by atoms with Gasteiger partial charge in [0.15, 0.2) is 0 Å². The number of phenols is 1. The van der Waals surface area contributed by atoms with Gasteiger partial charge in [0.2, 0.25) is 0 Å². The first kappa shape index (κ1) is 16.3. The van der Waals surface area contributed by atoms with E-state index in [9.17, 15) is 5.11 Å². The highest BCUT2D eigenvalue weighted by Gasteiger charge is 2.11. The van der Waals surface area contributed by atoms with E-state index in [1.54, 1.807) is 12.1 Å². The van der Waals surface area contributed by atoms with Crippen molar-refractivity contribution >= 4 is 52.6 Å². The molecule has 0 bridgehead atoms. The molecule has 6 nitrogen and oxygen atoms in total. The number of aromatic hydroxyl groups is 1. The van der Waals surface area contributed by atoms with E-state index in [4.69, 9.17) is 5.73 Å². The molecular formula is C12H15Cl2N5O. The van der Waals surface area contributed by atoms with Crippen LogP contribution in [0.3, 0.4) is 0 Å². The van der Waals surface area contributed by atoms with Crippen molar-refractivity contribution < 1.29 is 5.11 Å². The molecule has 3 rings (SSSR count). The summed E-state index contributed by atoms with van der Waals surface area (Å²) >= 11 is 0. The average molecular weight is 316 g/mol. The zero-order valence-electron chi connectivity index (χ0n) is 10.5. The molecule has 0 aliphatic heterocycles. The van der Waals surface area contributed by atoms with E-state index < -0.39 is 0 Å². The molecule has 2 aromatic heterocycles. The first-order valence-corrected chi connectivity index (χ1v) is 5.69. The molecule has 0 radical (unpaired) electrons. The SMILES string of the molecule is Cl.Cl.NCCNc1ncnc2[nH]c3ccc(O)cc3c12. The number of benzene rings is 1. The van der Waals surface area contributed by atoms with Crippen LogP contribution in [-0.4, -0.2) is 33.1 Å². The zero-order valence-corrected chi connectivity index (χ0v) is 12.1. The summed E-state index contributed by atoms with van der Waals surface area (Å²) in [6.45, 7) is 1.16. The Morgan fingerprint density at radius 3 is 2.80 bits per heavy atom. The van der Waals surface area contributed by atoms with Crippen LogP contribution in [0.1, 0.15) is 0 Å². The first-order valence-electron chi connectivity index (χ1n) is 5.69. The number of H-pyrrole nitrogens is 1. The summed E-state index contributed by atoms with van der Waals surface area (Å²) < 4.78 is 0. The summed E-state index contributed by atoms with van der Waals surface area (Å²) in [7, 11) is 0. The second kappa shape index (κ2) is 6.60. The van der Waals surface area contributed by atoms with Crippen molar-refractivity contribution in [2.45, 2.75) is 0 Å². The largest absolute Gasteiger partial charge is 0.508 e. The number of nitrogens with one attached hydrogen (secondary N) is 2. The zero-order chi connectivity index (χ0) is 12.5. The fraction of sp³-hybridized carbons (Fsp3) is 0.167. The van der Waals surface area contributed by atoms with E-state index in [1.807, 2.05) is 6.07 Å². The van der Waals surface area contributed by atoms with Crippen LogP contribution < -0.4 is 11.1 Å². The Bertz CT molecular complexity index is 715. The highest BCUT2D eigenvalue weighted by atomic mass is 35.5. The number of halogens is 2. The number of nitrogens with zero attached hydrogens (tertiary/aromatic N) is 2. The van der Waals surface area contributed by atoms with Crippen LogP contribution in [0.25, 0.3) is 21.9 Å². The Balaban J connectivity index is 0.000001000. The van der Waals surface area contributed by atoms with Crippen LogP contribution in [0.5, 0.6) is 5.75 Å². The minimum Gasteiger partial charge on any atom is -0.508 e. The molecule has 20 heavy (non-hydrogen) atoms. The predicted octanol–water partition coefficient (Wildman–Crippen LogP) is 2.03. The van der Waals surface area contributed by atoms with Gasteiger partial charge in [-0.2, -0.15) is 0 Å². The maximum atomic E-state index is 9.58. The lowest BCUT2D eigenvalue weighted by Gasteiger charge is -2.04. The second-order valence-electron chi connectivity index (χ2n) is 4.02. The highest BCUT2D eigenvalue weighted by Crippen LogP contribution is 2.30. The molecule has 1 aromatic carbocycles. The number of hydrogen-bond acceptors (Lipinski definition) is 5. The van der Waals surface area contributed by atoms with Crippen molar-refractivity contribution in [3.05, 3.63) is 24.5 Å². The second-order valence-corrected chi connectivity index (χ2v) is 4.02.